The van der Waals surface area contributed by atoms with Crippen LogP contribution in [0.2, 0.25) is 0 Å². The summed E-state index contributed by atoms with van der Waals surface area (Å²) in [5.74, 6) is -0.707. The predicted octanol–water partition coefficient (Wildman–Crippen LogP) is 6.28. The van der Waals surface area contributed by atoms with Crippen LogP contribution in [0.15, 0.2) is 72.8 Å². The number of amides is 1. The summed E-state index contributed by atoms with van der Waals surface area (Å²) in [6, 6.07) is 17.1. The highest BCUT2D eigenvalue weighted by atomic mass is 19.4. The first-order chi connectivity index (χ1) is 16.5. The smallest absolute Gasteiger partial charge is 0.416 e. The topological polar surface area (TPSA) is 55.6 Å². The Morgan fingerprint density at radius 1 is 1.00 bits per heavy atom. The molecule has 4 nitrogen and oxygen atoms in total. The van der Waals surface area contributed by atoms with E-state index in [2.05, 4.69) is 4.74 Å². The Labute approximate surface area is 200 Å². The van der Waals surface area contributed by atoms with Crippen molar-refractivity contribution in [1.29, 1.82) is 0 Å². The number of benzene rings is 3. The Morgan fingerprint density at radius 3 is 2.23 bits per heavy atom. The summed E-state index contributed by atoms with van der Waals surface area (Å²) in [6.07, 6.45) is -3.52. The molecule has 3 aromatic rings. The third-order valence-corrected chi connectivity index (χ3v) is 5.49. The summed E-state index contributed by atoms with van der Waals surface area (Å²) in [7, 11) is 0. The van der Waals surface area contributed by atoms with Gasteiger partial charge in [0.2, 0.25) is 5.91 Å². The SMILES string of the molecule is Cc1ccc(C(C(N)=O)N(CCCc2ccc(C(F)(F)F)cc2)c2cccc(OC(F)F)c2)cc1. The fraction of sp³-hybridized carbons (Fsp3) is 0.269. The number of primary amides is 1. The van der Waals surface area contributed by atoms with E-state index in [-0.39, 0.29) is 12.3 Å². The van der Waals surface area contributed by atoms with Gasteiger partial charge in [0.25, 0.3) is 0 Å². The first-order valence-corrected chi connectivity index (χ1v) is 10.9. The van der Waals surface area contributed by atoms with Crippen molar-refractivity contribution in [2.24, 2.45) is 5.73 Å². The monoisotopic (exact) mass is 492 g/mol. The van der Waals surface area contributed by atoms with Crippen LogP contribution in [0.3, 0.4) is 0 Å². The van der Waals surface area contributed by atoms with Gasteiger partial charge in [-0.25, -0.2) is 0 Å². The number of aryl methyl sites for hydroxylation is 2. The third kappa shape index (κ3) is 7.18. The fourth-order valence-corrected chi connectivity index (χ4v) is 3.81. The lowest BCUT2D eigenvalue weighted by Crippen LogP contribution is -2.38. The van der Waals surface area contributed by atoms with Gasteiger partial charge in [0.1, 0.15) is 11.8 Å². The van der Waals surface area contributed by atoms with Crippen LogP contribution in [0.1, 0.15) is 34.7 Å². The second-order valence-corrected chi connectivity index (χ2v) is 8.08. The molecule has 0 spiro atoms. The van der Waals surface area contributed by atoms with E-state index in [1.54, 1.807) is 23.1 Å². The zero-order valence-electron chi connectivity index (χ0n) is 18.9. The zero-order valence-corrected chi connectivity index (χ0v) is 18.9. The van der Waals surface area contributed by atoms with E-state index in [4.69, 9.17) is 5.73 Å². The van der Waals surface area contributed by atoms with Crippen molar-refractivity contribution in [3.05, 3.63) is 95.1 Å². The molecule has 1 unspecified atom stereocenters. The van der Waals surface area contributed by atoms with Crippen molar-refractivity contribution >= 4 is 11.6 Å². The average Bonchev–Trinajstić information content (AvgIpc) is 2.79. The number of nitrogens with zero attached hydrogens (tertiary/aromatic N) is 1. The van der Waals surface area contributed by atoms with Gasteiger partial charge < -0.3 is 15.4 Å². The molecule has 0 radical (unpaired) electrons. The number of halogens is 5. The third-order valence-electron chi connectivity index (χ3n) is 5.49. The van der Waals surface area contributed by atoms with Crippen LogP contribution in [0.5, 0.6) is 5.75 Å². The van der Waals surface area contributed by atoms with E-state index in [1.165, 1.54) is 30.3 Å². The molecule has 0 bridgehead atoms. The maximum atomic E-state index is 12.8. The van der Waals surface area contributed by atoms with Gasteiger partial charge >= 0.3 is 12.8 Å². The van der Waals surface area contributed by atoms with Crippen molar-refractivity contribution < 1.29 is 31.5 Å². The predicted molar refractivity (Wildman–Crippen MR) is 123 cm³/mol. The molecule has 3 aromatic carbocycles. The molecule has 35 heavy (non-hydrogen) atoms. The number of rotatable bonds is 10. The lowest BCUT2D eigenvalue weighted by Gasteiger charge is -2.32. The number of hydrogen-bond donors (Lipinski definition) is 1. The van der Waals surface area contributed by atoms with Gasteiger partial charge in [-0.2, -0.15) is 22.0 Å². The molecule has 9 heteroatoms. The van der Waals surface area contributed by atoms with Gasteiger partial charge in [0.05, 0.1) is 5.56 Å². The van der Waals surface area contributed by atoms with E-state index in [0.717, 1.165) is 17.7 Å². The van der Waals surface area contributed by atoms with Gasteiger partial charge in [0, 0.05) is 18.3 Å². The van der Waals surface area contributed by atoms with Crippen LogP contribution >= 0.6 is 0 Å². The Bertz CT molecular complexity index is 1120. The average molecular weight is 492 g/mol. The summed E-state index contributed by atoms with van der Waals surface area (Å²) in [5, 5.41) is 0. The van der Waals surface area contributed by atoms with Gasteiger partial charge in [-0.1, -0.05) is 48.0 Å². The van der Waals surface area contributed by atoms with Gasteiger partial charge in [-0.3, -0.25) is 4.79 Å². The number of ether oxygens (including phenoxy) is 1. The molecule has 0 saturated heterocycles. The number of carbonyl (C=O) groups excluding carboxylic acids is 1. The molecule has 0 heterocycles. The van der Waals surface area contributed by atoms with Crippen molar-refractivity contribution in [3.63, 3.8) is 0 Å². The number of nitrogens with two attached hydrogens (primary N) is 1. The summed E-state index contributed by atoms with van der Waals surface area (Å²) in [4.78, 5) is 14.2. The molecule has 3 rings (SSSR count). The zero-order chi connectivity index (χ0) is 25.6. The largest absolute Gasteiger partial charge is 0.435 e. The fourth-order valence-electron chi connectivity index (χ4n) is 3.81. The van der Waals surface area contributed by atoms with Gasteiger partial charge in [-0.05, 0) is 55.2 Å². The maximum absolute atomic E-state index is 12.8. The number of hydrogen-bond acceptors (Lipinski definition) is 3. The maximum Gasteiger partial charge on any atom is 0.416 e. The highest BCUT2D eigenvalue weighted by molar-refractivity contribution is 5.85. The Kier molecular flexibility index (Phi) is 8.32. The minimum atomic E-state index is -4.41. The van der Waals surface area contributed by atoms with Crippen LogP contribution in [-0.4, -0.2) is 19.1 Å². The molecule has 1 amide bonds. The van der Waals surface area contributed by atoms with E-state index in [1.807, 2.05) is 19.1 Å². The van der Waals surface area contributed by atoms with Crippen LogP contribution in [0, 0.1) is 6.92 Å². The summed E-state index contributed by atoms with van der Waals surface area (Å²) in [6.45, 7) is -0.834. The molecule has 186 valence electrons. The number of alkyl halides is 5. The summed E-state index contributed by atoms with van der Waals surface area (Å²) in [5.41, 5.74) is 7.78. The number of carbonyl (C=O) groups is 1. The molecule has 0 aliphatic carbocycles. The van der Waals surface area contributed by atoms with Gasteiger partial charge in [-0.15, -0.1) is 0 Å². The van der Waals surface area contributed by atoms with Crippen molar-refractivity contribution in [3.8, 4) is 5.75 Å². The minimum absolute atomic E-state index is 0.0719. The van der Waals surface area contributed by atoms with E-state index in [9.17, 15) is 26.7 Å². The Morgan fingerprint density at radius 2 is 1.66 bits per heavy atom. The summed E-state index contributed by atoms with van der Waals surface area (Å²) >= 11 is 0. The molecule has 0 saturated carbocycles. The Balaban J connectivity index is 1.87. The second kappa shape index (κ2) is 11.2. The molecular weight excluding hydrogens is 467 g/mol. The van der Waals surface area contributed by atoms with Crippen LogP contribution in [0.25, 0.3) is 0 Å². The molecule has 0 aliphatic heterocycles. The first kappa shape index (κ1) is 26.0. The van der Waals surface area contributed by atoms with Crippen LogP contribution in [-0.2, 0) is 17.4 Å². The quantitative estimate of drug-likeness (QED) is 0.339. The molecule has 0 aromatic heterocycles. The number of anilines is 1. The standard InChI is InChI=1S/C26H25F5N2O2/c1-17-7-11-19(12-8-17)23(24(32)34)33(21-5-2-6-22(16-21)35-25(27)28)15-3-4-18-9-13-20(14-10-18)26(29,30)31/h2,5-14,16,23,25H,3-4,15H2,1H3,(H2,32,34). The highest BCUT2D eigenvalue weighted by Gasteiger charge is 2.30. The molecular formula is C26H25F5N2O2. The van der Waals surface area contributed by atoms with Crippen molar-refractivity contribution in [1.82, 2.24) is 0 Å². The minimum Gasteiger partial charge on any atom is -0.435 e. The lowest BCUT2D eigenvalue weighted by atomic mass is 10.0. The van der Waals surface area contributed by atoms with Crippen molar-refractivity contribution in [2.75, 3.05) is 11.4 Å². The molecule has 1 atom stereocenters. The molecule has 0 fully saturated rings. The van der Waals surface area contributed by atoms with Gasteiger partial charge in [0.15, 0.2) is 0 Å². The van der Waals surface area contributed by atoms with Crippen LogP contribution < -0.4 is 15.4 Å². The van der Waals surface area contributed by atoms with Crippen molar-refractivity contribution in [2.45, 2.75) is 38.6 Å². The lowest BCUT2D eigenvalue weighted by molar-refractivity contribution is -0.137. The highest BCUT2D eigenvalue weighted by Crippen LogP contribution is 2.32. The molecule has 0 aliphatic rings. The summed E-state index contributed by atoms with van der Waals surface area (Å²) < 4.78 is 68.5. The Hall–Kier alpha value is -3.62. The van der Waals surface area contributed by atoms with E-state index < -0.39 is 30.3 Å². The van der Waals surface area contributed by atoms with E-state index in [0.29, 0.717) is 29.7 Å². The second-order valence-electron chi connectivity index (χ2n) is 8.08. The van der Waals surface area contributed by atoms with E-state index >= 15 is 0 Å². The normalized spacial score (nSPS) is 12.4. The molecule has 2 N–H and O–H groups in total. The first-order valence-electron chi connectivity index (χ1n) is 10.9. The van der Waals surface area contributed by atoms with Crippen LogP contribution in [0.4, 0.5) is 27.6 Å².